The fourth-order valence-corrected chi connectivity index (χ4v) is 1.76. The first-order valence-electron chi connectivity index (χ1n) is 6.49. The van der Waals surface area contributed by atoms with Gasteiger partial charge in [0.05, 0.1) is 0 Å². The molecule has 0 radical (unpaired) electrons. The van der Waals surface area contributed by atoms with Gasteiger partial charge in [-0.2, -0.15) is 0 Å². The van der Waals surface area contributed by atoms with Crippen molar-refractivity contribution in [2.45, 2.75) is 39.7 Å². The molecule has 2 nitrogen and oxygen atoms in total. The molecular weight excluding hydrogens is 208 g/mol. The third-order valence-electron chi connectivity index (χ3n) is 2.79. The van der Waals surface area contributed by atoms with Crippen LogP contribution in [-0.2, 0) is 6.42 Å². The molecule has 0 saturated heterocycles. The Hall–Kier alpha value is -0.860. The van der Waals surface area contributed by atoms with Crippen LogP contribution < -0.4 is 10.6 Å². The van der Waals surface area contributed by atoms with E-state index < -0.39 is 0 Å². The summed E-state index contributed by atoms with van der Waals surface area (Å²) in [7, 11) is 0. The topological polar surface area (TPSA) is 24.1 Å². The Labute approximate surface area is 106 Å². The van der Waals surface area contributed by atoms with Gasteiger partial charge in [0.2, 0.25) is 0 Å². The highest BCUT2D eigenvalue weighted by Crippen LogP contribution is 2.06. The minimum Gasteiger partial charge on any atom is -0.315 e. The van der Waals surface area contributed by atoms with Gasteiger partial charge in [-0.1, -0.05) is 24.3 Å². The summed E-state index contributed by atoms with van der Waals surface area (Å²) < 4.78 is 0. The number of hydrogen-bond donors (Lipinski definition) is 2. The lowest BCUT2D eigenvalue weighted by atomic mass is 10.1. The highest BCUT2D eigenvalue weighted by atomic mass is 15.0. The molecule has 0 atom stereocenters. The van der Waals surface area contributed by atoms with Crippen LogP contribution in [0, 0.1) is 6.92 Å². The monoisotopic (exact) mass is 234 g/mol. The zero-order valence-electron chi connectivity index (χ0n) is 11.6. The van der Waals surface area contributed by atoms with Crippen LogP contribution in [0.2, 0.25) is 0 Å². The van der Waals surface area contributed by atoms with E-state index in [-0.39, 0.29) is 5.54 Å². The van der Waals surface area contributed by atoms with Crippen molar-refractivity contribution in [1.29, 1.82) is 0 Å². The lowest BCUT2D eigenvalue weighted by Gasteiger charge is -2.20. The molecule has 17 heavy (non-hydrogen) atoms. The zero-order chi connectivity index (χ0) is 12.7. The third kappa shape index (κ3) is 6.44. The fourth-order valence-electron chi connectivity index (χ4n) is 1.76. The summed E-state index contributed by atoms with van der Waals surface area (Å²) in [6, 6.07) is 8.60. The van der Waals surface area contributed by atoms with Crippen LogP contribution in [0.3, 0.4) is 0 Å². The van der Waals surface area contributed by atoms with Crippen molar-refractivity contribution in [3.8, 4) is 0 Å². The molecule has 2 heteroatoms. The number of benzene rings is 1. The summed E-state index contributed by atoms with van der Waals surface area (Å²) in [5.74, 6) is 0. The van der Waals surface area contributed by atoms with Crippen LogP contribution in [0.4, 0.5) is 0 Å². The van der Waals surface area contributed by atoms with Gasteiger partial charge in [0.15, 0.2) is 0 Å². The largest absolute Gasteiger partial charge is 0.315 e. The molecule has 0 bridgehead atoms. The average Bonchev–Trinajstić information content (AvgIpc) is 2.24. The molecular formula is C15H26N2. The molecule has 0 amide bonds. The molecule has 96 valence electrons. The van der Waals surface area contributed by atoms with E-state index in [9.17, 15) is 0 Å². The molecule has 1 rings (SSSR count). The molecule has 2 N–H and O–H groups in total. The SMILES string of the molecule is Cc1ccccc1CCNCCNC(C)(C)C. The Balaban J connectivity index is 2.11. The minimum absolute atomic E-state index is 0.220. The molecule has 1 aromatic carbocycles. The quantitative estimate of drug-likeness (QED) is 0.739. The van der Waals surface area contributed by atoms with Crippen molar-refractivity contribution >= 4 is 0 Å². The lowest BCUT2D eigenvalue weighted by Crippen LogP contribution is -2.40. The molecule has 1 aromatic rings. The van der Waals surface area contributed by atoms with Gasteiger partial charge in [-0.3, -0.25) is 0 Å². The van der Waals surface area contributed by atoms with Crippen molar-refractivity contribution in [2.24, 2.45) is 0 Å². The second-order valence-electron chi connectivity index (χ2n) is 5.60. The van der Waals surface area contributed by atoms with Crippen LogP contribution in [0.1, 0.15) is 31.9 Å². The van der Waals surface area contributed by atoms with E-state index in [1.54, 1.807) is 0 Å². The van der Waals surface area contributed by atoms with E-state index in [1.165, 1.54) is 11.1 Å². The smallest absolute Gasteiger partial charge is 0.00970 e. The molecule has 0 aliphatic carbocycles. The highest BCUT2D eigenvalue weighted by Gasteiger charge is 2.06. The third-order valence-corrected chi connectivity index (χ3v) is 2.79. The van der Waals surface area contributed by atoms with E-state index in [2.05, 4.69) is 62.6 Å². The van der Waals surface area contributed by atoms with Gasteiger partial charge in [0.25, 0.3) is 0 Å². The Bertz CT molecular complexity index is 326. The first kappa shape index (κ1) is 14.2. The van der Waals surface area contributed by atoms with Crippen LogP contribution in [0.5, 0.6) is 0 Å². The van der Waals surface area contributed by atoms with Gasteiger partial charge < -0.3 is 10.6 Å². The summed E-state index contributed by atoms with van der Waals surface area (Å²) in [5.41, 5.74) is 3.06. The number of rotatable bonds is 6. The van der Waals surface area contributed by atoms with Gasteiger partial charge in [-0.05, 0) is 51.8 Å². The van der Waals surface area contributed by atoms with Crippen LogP contribution >= 0.6 is 0 Å². The highest BCUT2D eigenvalue weighted by molar-refractivity contribution is 5.25. The second kappa shape index (κ2) is 6.77. The van der Waals surface area contributed by atoms with Crippen molar-refractivity contribution in [2.75, 3.05) is 19.6 Å². The molecule has 0 heterocycles. The summed E-state index contributed by atoms with van der Waals surface area (Å²) in [5, 5.41) is 6.94. The van der Waals surface area contributed by atoms with Gasteiger partial charge in [0.1, 0.15) is 0 Å². The molecule has 0 saturated carbocycles. The van der Waals surface area contributed by atoms with Crippen LogP contribution in [0.25, 0.3) is 0 Å². The molecule has 0 unspecified atom stereocenters. The van der Waals surface area contributed by atoms with Crippen molar-refractivity contribution < 1.29 is 0 Å². The van der Waals surface area contributed by atoms with Gasteiger partial charge in [0, 0.05) is 18.6 Å². The van der Waals surface area contributed by atoms with Crippen LogP contribution in [-0.4, -0.2) is 25.2 Å². The Morgan fingerprint density at radius 3 is 2.35 bits per heavy atom. The predicted molar refractivity (Wildman–Crippen MR) is 75.5 cm³/mol. The number of hydrogen-bond acceptors (Lipinski definition) is 2. The number of aryl methyl sites for hydroxylation is 1. The fraction of sp³-hybridized carbons (Fsp3) is 0.600. The summed E-state index contributed by atoms with van der Waals surface area (Å²) >= 11 is 0. The maximum atomic E-state index is 3.47. The molecule has 0 aliphatic rings. The van der Waals surface area contributed by atoms with Crippen molar-refractivity contribution in [1.82, 2.24) is 10.6 Å². The summed E-state index contributed by atoms with van der Waals surface area (Å²) in [6.45, 7) is 11.9. The summed E-state index contributed by atoms with van der Waals surface area (Å²) in [4.78, 5) is 0. The molecule has 0 spiro atoms. The first-order chi connectivity index (χ1) is 7.99. The van der Waals surface area contributed by atoms with E-state index >= 15 is 0 Å². The summed E-state index contributed by atoms with van der Waals surface area (Å²) in [6.07, 6.45) is 1.11. The van der Waals surface area contributed by atoms with E-state index in [0.29, 0.717) is 0 Å². The van der Waals surface area contributed by atoms with E-state index in [0.717, 1.165) is 26.1 Å². The van der Waals surface area contributed by atoms with E-state index in [1.807, 2.05) is 0 Å². The second-order valence-corrected chi connectivity index (χ2v) is 5.60. The van der Waals surface area contributed by atoms with Gasteiger partial charge >= 0.3 is 0 Å². The number of nitrogens with one attached hydrogen (secondary N) is 2. The van der Waals surface area contributed by atoms with Crippen molar-refractivity contribution in [3.05, 3.63) is 35.4 Å². The minimum atomic E-state index is 0.220. The lowest BCUT2D eigenvalue weighted by molar-refractivity contribution is 0.422. The van der Waals surface area contributed by atoms with Crippen LogP contribution in [0.15, 0.2) is 24.3 Å². The zero-order valence-corrected chi connectivity index (χ0v) is 11.6. The Morgan fingerprint density at radius 2 is 1.71 bits per heavy atom. The Morgan fingerprint density at radius 1 is 1.00 bits per heavy atom. The predicted octanol–water partition coefficient (Wildman–Crippen LogP) is 2.52. The Kier molecular flexibility index (Phi) is 5.66. The van der Waals surface area contributed by atoms with Gasteiger partial charge in [-0.25, -0.2) is 0 Å². The first-order valence-corrected chi connectivity index (χ1v) is 6.49. The maximum Gasteiger partial charge on any atom is 0.00970 e. The molecule has 0 fully saturated rings. The standard InChI is InChI=1S/C15H26N2/c1-13-7-5-6-8-14(13)9-10-16-11-12-17-15(2,3)4/h5-8,16-17H,9-12H2,1-4H3. The molecule has 0 aromatic heterocycles. The maximum absolute atomic E-state index is 3.47. The normalized spacial score (nSPS) is 11.8. The van der Waals surface area contributed by atoms with Crippen molar-refractivity contribution in [3.63, 3.8) is 0 Å². The van der Waals surface area contributed by atoms with E-state index in [4.69, 9.17) is 0 Å². The van der Waals surface area contributed by atoms with Gasteiger partial charge in [-0.15, -0.1) is 0 Å². The average molecular weight is 234 g/mol. The molecule has 0 aliphatic heterocycles.